The minimum atomic E-state index is -1.78. The molecular formula is C13H24O2Si. The first-order chi connectivity index (χ1) is 7.12. The standard InChI is InChI=1S/C13H24O2Si/c1-8-9-12(14)11(2)10-15-16(6,7)13(3,4)5/h8H,1-2,9-10H2,3-7H3. The van der Waals surface area contributed by atoms with Crippen LogP contribution in [0.5, 0.6) is 0 Å². The largest absolute Gasteiger partial charge is 0.412 e. The maximum absolute atomic E-state index is 11.5. The normalized spacial score (nSPS) is 12.3. The lowest BCUT2D eigenvalue weighted by atomic mass is 10.1. The predicted octanol–water partition coefficient (Wildman–Crippen LogP) is 3.71. The van der Waals surface area contributed by atoms with Gasteiger partial charge in [-0.15, -0.1) is 6.58 Å². The van der Waals surface area contributed by atoms with E-state index in [1.165, 1.54) is 0 Å². The van der Waals surface area contributed by atoms with Crippen LogP contribution in [0.25, 0.3) is 0 Å². The molecule has 0 aliphatic carbocycles. The van der Waals surface area contributed by atoms with E-state index in [0.29, 0.717) is 18.6 Å². The van der Waals surface area contributed by atoms with Crippen LogP contribution in [0.15, 0.2) is 24.8 Å². The van der Waals surface area contributed by atoms with Gasteiger partial charge in [0.15, 0.2) is 14.1 Å². The molecule has 92 valence electrons. The molecule has 0 aromatic heterocycles. The first-order valence-electron chi connectivity index (χ1n) is 5.57. The van der Waals surface area contributed by atoms with E-state index in [-0.39, 0.29) is 10.8 Å². The Morgan fingerprint density at radius 1 is 1.38 bits per heavy atom. The lowest BCUT2D eigenvalue weighted by Gasteiger charge is -2.36. The zero-order valence-electron chi connectivity index (χ0n) is 11.2. The Balaban J connectivity index is 4.31. The van der Waals surface area contributed by atoms with Crippen molar-refractivity contribution in [1.82, 2.24) is 0 Å². The maximum atomic E-state index is 11.5. The number of carbonyl (C=O) groups is 1. The first kappa shape index (κ1) is 15.3. The van der Waals surface area contributed by atoms with Gasteiger partial charge in [0.1, 0.15) is 0 Å². The summed E-state index contributed by atoms with van der Waals surface area (Å²) in [7, 11) is -1.78. The number of ketones is 1. The molecule has 0 aromatic rings. The fourth-order valence-corrected chi connectivity index (χ4v) is 1.81. The van der Waals surface area contributed by atoms with Crippen molar-refractivity contribution in [2.45, 2.75) is 45.3 Å². The molecule has 0 aromatic carbocycles. The van der Waals surface area contributed by atoms with Crippen molar-refractivity contribution in [3.8, 4) is 0 Å². The van der Waals surface area contributed by atoms with Crippen molar-refractivity contribution in [3.05, 3.63) is 24.8 Å². The minimum absolute atomic E-state index is 0.0220. The fourth-order valence-electron chi connectivity index (χ4n) is 0.840. The molecule has 0 N–H and O–H groups in total. The van der Waals surface area contributed by atoms with Crippen LogP contribution in [0.4, 0.5) is 0 Å². The minimum Gasteiger partial charge on any atom is -0.412 e. The highest BCUT2D eigenvalue weighted by molar-refractivity contribution is 6.74. The van der Waals surface area contributed by atoms with Crippen LogP contribution < -0.4 is 0 Å². The molecule has 3 heteroatoms. The molecule has 0 radical (unpaired) electrons. The summed E-state index contributed by atoms with van der Waals surface area (Å²) in [6.45, 7) is 18.5. The molecule has 0 saturated heterocycles. The highest BCUT2D eigenvalue weighted by Gasteiger charge is 2.37. The molecule has 16 heavy (non-hydrogen) atoms. The van der Waals surface area contributed by atoms with Crippen molar-refractivity contribution < 1.29 is 9.22 Å². The average Bonchev–Trinajstić information content (AvgIpc) is 2.12. The molecule has 0 rings (SSSR count). The molecule has 0 aliphatic heterocycles. The third kappa shape index (κ3) is 4.45. The number of allylic oxidation sites excluding steroid dienone is 1. The molecule has 0 heterocycles. The third-order valence-corrected chi connectivity index (χ3v) is 7.62. The van der Waals surface area contributed by atoms with Gasteiger partial charge in [0.25, 0.3) is 0 Å². The molecule has 0 bridgehead atoms. The number of rotatable bonds is 6. The first-order valence-corrected chi connectivity index (χ1v) is 8.48. The van der Waals surface area contributed by atoms with E-state index in [1.54, 1.807) is 6.08 Å². The van der Waals surface area contributed by atoms with Crippen LogP contribution >= 0.6 is 0 Å². The van der Waals surface area contributed by atoms with Gasteiger partial charge in [0.2, 0.25) is 0 Å². The summed E-state index contributed by atoms with van der Waals surface area (Å²) in [6, 6.07) is 0. The van der Waals surface area contributed by atoms with E-state index >= 15 is 0 Å². The van der Waals surface area contributed by atoms with Crippen molar-refractivity contribution in [2.24, 2.45) is 0 Å². The van der Waals surface area contributed by atoms with Crippen LogP contribution in [-0.2, 0) is 9.22 Å². The van der Waals surface area contributed by atoms with Gasteiger partial charge in [-0.2, -0.15) is 0 Å². The predicted molar refractivity (Wildman–Crippen MR) is 72.1 cm³/mol. The van der Waals surface area contributed by atoms with Gasteiger partial charge < -0.3 is 4.43 Å². The maximum Gasteiger partial charge on any atom is 0.192 e. The number of hydrogen-bond acceptors (Lipinski definition) is 2. The Labute approximate surface area is 101 Å². The van der Waals surface area contributed by atoms with Gasteiger partial charge in [0.05, 0.1) is 6.61 Å². The quantitative estimate of drug-likeness (QED) is 0.402. The van der Waals surface area contributed by atoms with Crippen molar-refractivity contribution in [3.63, 3.8) is 0 Å². The molecule has 0 unspecified atom stereocenters. The fraction of sp³-hybridized carbons (Fsp3) is 0.615. The lowest BCUT2D eigenvalue weighted by Crippen LogP contribution is -2.41. The average molecular weight is 240 g/mol. The SMILES string of the molecule is C=CCC(=O)C(=C)CO[Si](C)(C)C(C)(C)C. The van der Waals surface area contributed by atoms with E-state index in [4.69, 9.17) is 4.43 Å². The molecule has 0 fully saturated rings. The zero-order chi connectivity index (χ0) is 13.0. The van der Waals surface area contributed by atoms with Gasteiger partial charge in [0, 0.05) is 12.0 Å². The Morgan fingerprint density at radius 3 is 2.25 bits per heavy atom. The molecule has 2 nitrogen and oxygen atoms in total. The van der Waals surface area contributed by atoms with Crippen LogP contribution in [0.1, 0.15) is 27.2 Å². The summed E-state index contributed by atoms with van der Waals surface area (Å²) in [5, 5.41) is 0.161. The second kappa shape index (κ2) is 5.59. The summed E-state index contributed by atoms with van der Waals surface area (Å²) in [6.07, 6.45) is 1.94. The molecule has 0 spiro atoms. The van der Waals surface area contributed by atoms with E-state index in [1.807, 2.05) is 0 Å². The summed E-state index contributed by atoms with van der Waals surface area (Å²) in [5.41, 5.74) is 0.546. The number of Topliss-reactive ketones (excluding diaryl/α,β-unsaturated/α-hetero) is 1. The van der Waals surface area contributed by atoms with Crippen molar-refractivity contribution in [1.29, 1.82) is 0 Å². The van der Waals surface area contributed by atoms with Crippen LogP contribution in [0.3, 0.4) is 0 Å². The van der Waals surface area contributed by atoms with E-state index in [0.717, 1.165) is 0 Å². The highest BCUT2D eigenvalue weighted by atomic mass is 28.4. The highest BCUT2D eigenvalue weighted by Crippen LogP contribution is 2.36. The summed E-state index contributed by atoms with van der Waals surface area (Å²) >= 11 is 0. The second-order valence-corrected chi connectivity index (χ2v) is 10.4. The lowest BCUT2D eigenvalue weighted by molar-refractivity contribution is -0.115. The monoisotopic (exact) mass is 240 g/mol. The zero-order valence-corrected chi connectivity index (χ0v) is 12.2. The van der Waals surface area contributed by atoms with Crippen LogP contribution in [-0.4, -0.2) is 20.7 Å². The molecule has 0 atom stereocenters. The Bertz CT molecular complexity index is 285. The Morgan fingerprint density at radius 2 is 1.88 bits per heavy atom. The number of carbonyl (C=O) groups excluding carboxylic acids is 1. The molecule has 0 amide bonds. The Hall–Kier alpha value is -0.673. The molecular weight excluding hydrogens is 216 g/mol. The van der Waals surface area contributed by atoms with Gasteiger partial charge in [-0.05, 0) is 18.1 Å². The number of hydrogen-bond donors (Lipinski definition) is 0. The summed E-state index contributed by atoms with van der Waals surface area (Å²) < 4.78 is 5.91. The van der Waals surface area contributed by atoms with Crippen molar-refractivity contribution >= 4 is 14.1 Å². The van der Waals surface area contributed by atoms with E-state index in [2.05, 4.69) is 47.0 Å². The van der Waals surface area contributed by atoms with Gasteiger partial charge in [-0.3, -0.25) is 4.79 Å². The second-order valence-electron chi connectivity index (χ2n) is 5.57. The molecule has 0 aliphatic rings. The Kier molecular flexibility index (Phi) is 5.36. The summed E-state index contributed by atoms with van der Waals surface area (Å²) in [4.78, 5) is 11.5. The van der Waals surface area contributed by atoms with E-state index in [9.17, 15) is 4.79 Å². The van der Waals surface area contributed by atoms with Crippen molar-refractivity contribution in [2.75, 3.05) is 6.61 Å². The summed E-state index contributed by atoms with van der Waals surface area (Å²) in [5.74, 6) is 0.0220. The third-order valence-electron chi connectivity index (χ3n) is 3.14. The van der Waals surface area contributed by atoms with Gasteiger partial charge in [-0.25, -0.2) is 0 Å². The van der Waals surface area contributed by atoms with E-state index < -0.39 is 8.32 Å². The van der Waals surface area contributed by atoms with Crippen LogP contribution in [0, 0.1) is 0 Å². The van der Waals surface area contributed by atoms with Gasteiger partial charge in [-0.1, -0.05) is 33.4 Å². The van der Waals surface area contributed by atoms with Gasteiger partial charge >= 0.3 is 0 Å². The smallest absolute Gasteiger partial charge is 0.192 e. The van der Waals surface area contributed by atoms with Crippen LogP contribution in [0.2, 0.25) is 18.1 Å². The topological polar surface area (TPSA) is 26.3 Å². The molecule has 0 saturated carbocycles.